The summed E-state index contributed by atoms with van der Waals surface area (Å²) >= 11 is -1.66. The summed E-state index contributed by atoms with van der Waals surface area (Å²) in [4.78, 5) is 0. The first-order chi connectivity index (χ1) is 7.20. The molecule has 1 aromatic carbocycles. The maximum Gasteiger partial charge on any atom is 0.152 e. The Morgan fingerprint density at radius 2 is 2.07 bits per heavy atom. The highest BCUT2D eigenvalue weighted by Gasteiger charge is 2.02. The molecule has 0 bridgehead atoms. The van der Waals surface area contributed by atoms with Crippen molar-refractivity contribution in [1.82, 2.24) is 5.32 Å². The SMILES string of the molecule is CC(NCCCS(=O)O)c1ccccc1. The van der Waals surface area contributed by atoms with Crippen molar-refractivity contribution >= 4 is 11.1 Å². The Kier molecular flexibility index (Phi) is 5.53. The average molecular weight is 227 g/mol. The maximum absolute atomic E-state index is 10.4. The van der Waals surface area contributed by atoms with E-state index in [9.17, 15) is 4.21 Å². The summed E-state index contributed by atoms with van der Waals surface area (Å²) in [6.45, 7) is 2.85. The molecule has 2 unspecified atom stereocenters. The highest BCUT2D eigenvalue weighted by Crippen LogP contribution is 2.10. The quantitative estimate of drug-likeness (QED) is 0.577. The second-order valence-corrected chi connectivity index (χ2v) is 4.52. The van der Waals surface area contributed by atoms with Gasteiger partial charge in [0, 0.05) is 6.04 Å². The van der Waals surface area contributed by atoms with Gasteiger partial charge in [0.25, 0.3) is 0 Å². The second-order valence-electron chi connectivity index (χ2n) is 3.47. The number of nitrogens with one attached hydrogen (secondary N) is 1. The van der Waals surface area contributed by atoms with Crippen LogP contribution in [-0.4, -0.2) is 21.1 Å². The number of hydrogen-bond donors (Lipinski definition) is 2. The Bertz CT molecular complexity index is 303. The summed E-state index contributed by atoms with van der Waals surface area (Å²) in [5, 5.41) is 3.31. The standard InChI is InChI=1S/C11H17NO2S/c1-10(11-6-3-2-4-7-11)12-8-5-9-15(13)14/h2-4,6-7,10,12H,5,8-9H2,1H3,(H,13,14). The van der Waals surface area contributed by atoms with Gasteiger partial charge in [-0.3, -0.25) is 0 Å². The van der Waals surface area contributed by atoms with E-state index in [2.05, 4.69) is 24.4 Å². The van der Waals surface area contributed by atoms with E-state index in [4.69, 9.17) is 4.55 Å². The molecule has 4 heteroatoms. The maximum atomic E-state index is 10.4. The smallest absolute Gasteiger partial charge is 0.152 e. The molecule has 0 saturated heterocycles. The Hall–Kier alpha value is -0.710. The lowest BCUT2D eigenvalue weighted by Crippen LogP contribution is -2.21. The number of hydrogen-bond acceptors (Lipinski definition) is 2. The highest BCUT2D eigenvalue weighted by atomic mass is 32.2. The van der Waals surface area contributed by atoms with Crippen LogP contribution < -0.4 is 5.32 Å². The third-order valence-electron chi connectivity index (χ3n) is 2.25. The third-order valence-corrected chi connectivity index (χ3v) is 2.88. The van der Waals surface area contributed by atoms with E-state index >= 15 is 0 Å². The molecule has 0 aliphatic heterocycles. The largest absolute Gasteiger partial charge is 0.310 e. The molecule has 0 saturated carbocycles. The van der Waals surface area contributed by atoms with E-state index < -0.39 is 11.1 Å². The molecule has 0 spiro atoms. The van der Waals surface area contributed by atoms with Crippen LogP contribution in [0.3, 0.4) is 0 Å². The topological polar surface area (TPSA) is 49.3 Å². The van der Waals surface area contributed by atoms with E-state index in [1.54, 1.807) is 0 Å². The lowest BCUT2D eigenvalue weighted by atomic mass is 10.1. The summed E-state index contributed by atoms with van der Waals surface area (Å²) in [6, 6.07) is 10.4. The van der Waals surface area contributed by atoms with Crippen molar-refractivity contribution in [3.05, 3.63) is 35.9 Å². The predicted molar refractivity (Wildman–Crippen MR) is 63.1 cm³/mol. The lowest BCUT2D eigenvalue weighted by molar-refractivity contribution is 0.545. The van der Waals surface area contributed by atoms with Crippen LogP contribution in [0.1, 0.15) is 24.9 Å². The molecule has 3 nitrogen and oxygen atoms in total. The van der Waals surface area contributed by atoms with Crippen LogP contribution >= 0.6 is 0 Å². The van der Waals surface area contributed by atoms with Gasteiger partial charge >= 0.3 is 0 Å². The molecule has 0 heterocycles. The molecule has 1 aromatic rings. The monoisotopic (exact) mass is 227 g/mol. The minimum absolute atomic E-state index is 0.290. The van der Waals surface area contributed by atoms with Gasteiger partial charge in [-0.2, -0.15) is 0 Å². The summed E-state index contributed by atoms with van der Waals surface area (Å²) in [5.41, 5.74) is 1.24. The van der Waals surface area contributed by atoms with Gasteiger partial charge in [0.05, 0.1) is 5.75 Å². The number of benzene rings is 1. The van der Waals surface area contributed by atoms with Crippen LogP contribution in [-0.2, 0) is 11.1 Å². The fraction of sp³-hybridized carbons (Fsp3) is 0.455. The third kappa shape index (κ3) is 5.06. The summed E-state index contributed by atoms with van der Waals surface area (Å²) in [7, 11) is 0. The van der Waals surface area contributed by atoms with Crippen molar-refractivity contribution in [2.45, 2.75) is 19.4 Å². The minimum Gasteiger partial charge on any atom is -0.310 e. The Morgan fingerprint density at radius 3 is 2.67 bits per heavy atom. The predicted octanol–water partition coefficient (Wildman–Crippen LogP) is 1.95. The van der Waals surface area contributed by atoms with Crippen LogP contribution in [0.25, 0.3) is 0 Å². The lowest BCUT2D eigenvalue weighted by Gasteiger charge is -2.13. The molecule has 0 aliphatic carbocycles. The Balaban J connectivity index is 2.25. The average Bonchev–Trinajstić information content (AvgIpc) is 2.25. The molecule has 0 radical (unpaired) electrons. The highest BCUT2D eigenvalue weighted by molar-refractivity contribution is 7.79. The molecule has 1 rings (SSSR count). The molecule has 0 aromatic heterocycles. The Morgan fingerprint density at radius 1 is 1.40 bits per heavy atom. The van der Waals surface area contributed by atoms with Crippen LogP contribution in [0, 0.1) is 0 Å². The first kappa shape index (κ1) is 12.4. The fourth-order valence-electron chi connectivity index (χ4n) is 1.37. The fourth-order valence-corrected chi connectivity index (χ4v) is 1.77. The van der Waals surface area contributed by atoms with Crippen LogP contribution in [0.15, 0.2) is 30.3 Å². The van der Waals surface area contributed by atoms with Gasteiger partial charge in [0.1, 0.15) is 0 Å². The van der Waals surface area contributed by atoms with E-state index in [1.807, 2.05) is 18.2 Å². The molecule has 0 aliphatic rings. The molecule has 0 fully saturated rings. The van der Waals surface area contributed by atoms with Crippen molar-refractivity contribution in [2.24, 2.45) is 0 Å². The van der Waals surface area contributed by atoms with Crippen molar-refractivity contribution in [1.29, 1.82) is 0 Å². The molecule has 2 atom stereocenters. The van der Waals surface area contributed by atoms with Crippen LogP contribution in [0.2, 0.25) is 0 Å². The molecular weight excluding hydrogens is 210 g/mol. The zero-order valence-corrected chi connectivity index (χ0v) is 9.67. The number of rotatable bonds is 6. The summed E-state index contributed by atoms with van der Waals surface area (Å²) < 4.78 is 19.0. The second kappa shape index (κ2) is 6.71. The normalized spacial score (nSPS) is 14.8. The Labute approximate surface area is 93.2 Å². The zero-order chi connectivity index (χ0) is 11.1. The molecule has 15 heavy (non-hydrogen) atoms. The van der Waals surface area contributed by atoms with Crippen molar-refractivity contribution in [2.75, 3.05) is 12.3 Å². The van der Waals surface area contributed by atoms with Crippen LogP contribution in [0.4, 0.5) is 0 Å². The van der Waals surface area contributed by atoms with E-state index in [-0.39, 0.29) is 0 Å². The van der Waals surface area contributed by atoms with Crippen molar-refractivity contribution < 1.29 is 8.76 Å². The van der Waals surface area contributed by atoms with Gasteiger partial charge in [0.15, 0.2) is 11.1 Å². The van der Waals surface area contributed by atoms with Gasteiger partial charge in [-0.15, -0.1) is 0 Å². The summed E-state index contributed by atoms with van der Waals surface area (Å²) in [5.74, 6) is 0.342. The van der Waals surface area contributed by atoms with Gasteiger partial charge < -0.3 is 9.87 Å². The van der Waals surface area contributed by atoms with Gasteiger partial charge in [-0.05, 0) is 25.5 Å². The van der Waals surface area contributed by atoms with E-state index in [0.717, 1.165) is 13.0 Å². The van der Waals surface area contributed by atoms with E-state index in [1.165, 1.54) is 5.56 Å². The first-order valence-corrected chi connectivity index (χ1v) is 6.33. The van der Waals surface area contributed by atoms with E-state index in [0.29, 0.717) is 11.8 Å². The van der Waals surface area contributed by atoms with Gasteiger partial charge in [-0.1, -0.05) is 30.3 Å². The van der Waals surface area contributed by atoms with Gasteiger partial charge in [-0.25, -0.2) is 4.21 Å². The van der Waals surface area contributed by atoms with Crippen LogP contribution in [0.5, 0.6) is 0 Å². The molecular formula is C11H17NO2S. The van der Waals surface area contributed by atoms with Crippen molar-refractivity contribution in [3.8, 4) is 0 Å². The van der Waals surface area contributed by atoms with Gasteiger partial charge in [0.2, 0.25) is 0 Å². The molecule has 84 valence electrons. The first-order valence-electron chi connectivity index (χ1n) is 5.06. The molecule has 2 N–H and O–H groups in total. The molecule has 0 amide bonds. The summed E-state index contributed by atoms with van der Waals surface area (Å²) in [6.07, 6.45) is 0.723. The minimum atomic E-state index is -1.66. The zero-order valence-electron chi connectivity index (χ0n) is 8.85. The van der Waals surface area contributed by atoms with Crippen molar-refractivity contribution in [3.63, 3.8) is 0 Å².